The fraction of sp³-hybridized carbons (Fsp3) is 0.357. The number of hydrogen-bond acceptors (Lipinski definition) is 1. The van der Waals surface area contributed by atoms with Crippen LogP contribution in [0.1, 0.15) is 25.0 Å². The Hall–Kier alpha value is -1.57. The van der Waals surface area contributed by atoms with E-state index in [1.54, 1.807) is 19.0 Å². The van der Waals surface area contributed by atoms with Gasteiger partial charge in [-0.2, -0.15) is 0 Å². The Labute approximate surface area is 97.6 Å². The zero-order chi connectivity index (χ0) is 12.1. The second kappa shape index (κ2) is 5.50. The van der Waals surface area contributed by atoms with Crippen LogP contribution >= 0.6 is 0 Å². The van der Waals surface area contributed by atoms with Crippen molar-refractivity contribution in [1.82, 2.24) is 4.90 Å². The molecule has 0 aliphatic rings. The van der Waals surface area contributed by atoms with Crippen molar-refractivity contribution in [2.75, 3.05) is 14.1 Å². The normalized spacial score (nSPS) is 11.4. The van der Waals surface area contributed by atoms with Crippen molar-refractivity contribution in [2.45, 2.75) is 20.3 Å². The fourth-order valence-electron chi connectivity index (χ4n) is 1.38. The first kappa shape index (κ1) is 12.5. The number of carbonyl (C=O) groups is 1. The van der Waals surface area contributed by atoms with Gasteiger partial charge in [0.1, 0.15) is 0 Å². The quantitative estimate of drug-likeness (QED) is 0.762. The molecule has 0 fully saturated rings. The van der Waals surface area contributed by atoms with Gasteiger partial charge in [0, 0.05) is 14.1 Å². The van der Waals surface area contributed by atoms with Gasteiger partial charge in [-0.05, 0) is 30.5 Å². The first-order valence-electron chi connectivity index (χ1n) is 5.47. The molecular formula is C14H19NO. The summed E-state index contributed by atoms with van der Waals surface area (Å²) in [5.74, 6) is 0.135. The molecule has 0 unspecified atom stereocenters. The summed E-state index contributed by atoms with van der Waals surface area (Å²) < 4.78 is 0. The Balaban J connectivity index is 2.76. The molecular weight excluding hydrogens is 198 g/mol. The van der Waals surface area contributed by atoms with Crippen molar-refractivity contribution in [3.05, 3.63) is 41.5 Å². The van der Waals surface area contributed by atoms with Gasteiger partial charge < -0.3 is 4.90 Å². The van der Waals surface area contributed by atoms with Gasteiger partial charge in [-0.25, -0.2) is 0 Å². The molecule has 0 saturated heterocycles. The summed E-state index contributed by atoms with van der Waals surface area (Å²) in [6.07, 6.45) is 2.56. The lowest BCUT2D eigenvalue weighted by molar-refractivity contribution is -0.127. The predicted octanol–water partition coefficient (Wildman–Crippen LogP) is 2.74. The number of allylic oxidation sites excluding steroid dienone is 2. The van der Waals surface area contributed by atoms with E-state index in [0.717, 1.165) is 5.56 Å². The molecule has 1 amide bonds. The molecule has 0 radical (unpaired) electrons. The molecule has 0 aliphatic carbocycles. The summed E-state index contributed by atoms with van der Waals surface area (Å²) in [7, 11) is 3.56. The van der Waals surface area contributed by atoms with Gasteiger partial charge in [-0.15, -0.1) is 0 Å². The Kier molecular flexibility index (Phi) is 4.29. The molecule has 1 rings (SSSR count). The standard InChI is InChI=1S/C14H19NO/c1-5-11(2)13-8-6-12(7-9-13)10-14(16)15(3)4/h5-9H,10H2,1-4H3/b11-5-. The van der Waals surface area contributed by atoms with Crippen LogP contribution in [-0.4, -0.2) is 24.9 Å². The largest absolute Gasteiger partial charge is 0.349 e. The van der Waals surface area contributed by atoms with E-state index in [2.05, 4.69) is 25.1 Å². The Morgan fingerprint density at radius 3 is 2.25 bits per heavy atom. The Morgan fingerprint density at radius 1 is 1.25 bits per heavy atom. The molecule has 0 aromatic heterocycles. The van der Waals surface area contributed by atoms with Crippen LogP contribution in [0.2, 0.25) is 0 Å². The highest BCUT2D eigenvalue weighted by Gasteiger charge is 2.05. The van der Waals surface area contributed by atoms with Crippen LogP contribution < -0.4 is 0 Å². The molecule has 0 bridgehead atoms. The monoisotopic (exact) mass is 217 g/mol. The van der Waals surface area contributed by atoms with E-state index in [1.165, 1.54) is 11.1 Å². The van der Waals surface area contributed by atoms with E-state index < -0.39 is 0 Å². The number of rotatable bonds is 3. The van der Waals surface area contributed by atoms with E-state index in [1.807, 2.05) is 19.1 Å². The van der Waals surface area contributed by atoms with Crippen molar-refractivity contribution in [1.29, 1.82) is 0 Å². The van der Waals surface area contributed by atoms with Gasteiger partial charge in [0.2, 0.25) is 5.91 Å². The number of nitrogens with zero attached hydrogens (tertiary/aromatic N) is 1. The van der Waals surface area contributed by atoms with Crippen molar-refractivity contribution in [2.24, 2.45) is 0 Å². The summed E-state index contributed by atoms with van der Waals surface area (Å²) >= 11 is 0. The fourth-order valence-corrected chi connectivity index (χ4v) is 1.38. The van der Waals surface area contributed by atoms with E-state index in [9.17, 15) is 4.79 Å². The molecule has 1 aromatic rings. The highest BCUT2D eigenvalue weighted by atomic mass is 16.2. The number of amides is 1. The first-order valence-corrected chi connectivity index (χ1v) is 5.47. The van der Waals surface area contributed by atoms with Gasteiger partial charge in [0.15, 0.2) is 0 Å². The number of hydrogen-bond donors (Lipinski definition) is 0. The van der Waals surface area contributed by atoms with E-state index >= 15 is 0 Å². The van der Waals surface area contributed by atoms with Gasteiger partial charge in [0.05, 0.1) is 6.42 Å². The zero-order valence-corrected chi connectivity index (χ0v) is 10.4. The average Bonchev–Trinajstić information content (AvgIpc) is 2.28. The van der Waals surface area contributed by atoms with Crippen molar-refractivity contribution >= 4 is 11.5 Å². The maximum atomic E-state index is 11.5. The van der Waals surface area contributed by atoms with Crippen LogP contribution in [0.3, 0.4) is 0 Å². The third-order valence-electron chi connectivity index (χ3n) is 2.70. The third kappa shape index (κ3) is 3.23. The van der Waals surface area contributed by atoms with Gasteiger partial charge >= 0.3 is 0 Å². The molecule has 0 spiro atoms. The van der Waals surface area contributed by atoms with Crippen LogP contribution in [-0.2, 0) is 11.2 Å². The smallest absolute Gasteiger partial charge is 0.226 e. The lowest BCUT2D eigenvalue weighted by Crippen LogP contribution is -2.23. The van der Waals surface area contributed by atoms with Gasteiger partial charge in [-0.1, -0.05) is 30.3 Å². The van der Waals surface area contributed by atoms with Crippen LogP contribution in [0.15, 0.2) is 30.3 Å². The third-order valence-corrected chi connectivity index (χ3v) is 2.70. The van der Waals surface area contributed by atoms with E-state index in [-0.39, 0.29) is 5.91 Å². The van der Waals surface area contributed by atoms with Crippen LogP contribution in [0.4, 0.5) is 0 Å². The van der Waals surface area contributed by atoms with Crippen LogP contribution in [0.5, 0.6) is 0 Å². The number of carbonyl (C=O) groups excluding carboxylic acids is 1. The minimum atomic E-state index is 0.135. The summed E-state index contributed by atoms with van der Waals surface area (Å²) in [5.41, 5.74) is 3.53. The second-order valence-electron chi connectivity index (χ2n) is 4.13. The van der Waals surface area contributed by atoms with E-state index in [4.69, 9.17) is 0 Å². The number of likely N-dealkylation sites (N-methyl/N-ethyl adjacent to an activating group) is 1. The van der Waals surface area contributed by atoms with Crippen LogP contribution in [0.25, 0.3) is 5.57 Å². The highest BCUT2D eigenvalue weighted by Crippen LogP contribution is 2.14. The van der Waals surface area contributed by atoms with Crippen molar-refractivity contribution < 1.29 is 4.79 Å². The summed E-state index contributed by atoms with van der Waals surface area (Å²) in [4.78, 5) is 13.1. The highest BCUT2D eigenvalue weighted by molar-refractivity contribution is 5.78. The maximum absolute atomic E-state index is 11.5. The molecule has 0 aliphatic heterocycles. The summed E-state index contributed by atoms with van der Waals surface area (Å²) in [5, 5.41) is 0. The van der Waals surface area contributed by atoms with Crippen molar-refractivity contribution in [3.8, 4) is 0 Å². The average molecular weight is 217 g/mol. The molecule has 0 saturated carbocycles. The molecule has 2 nitrogen and oxygen atoms in total. The van der Waals surface area contributed by atoms with Crippen LogP contribution in [0, 0.1) is 0 Å². The molecule has 86 valence electrons. The van der Waals surface area contributed by atoms with Gasteiger partial charge in [0.25, 0.3) is 0 Å². The zero-order valence-electron chi connectivity index (χ0n) is 10.4. The topological polar surface area (TPSA) is 20.3 Å². The van der Waals surface area contributed by atoms with E-state index in [0.29, 0.717) is 6.42 Å². The minimum absolute atomic E-state index is 0.135. The Bertz CT molecular complexity index is 388. The molecule has 16 heavy (non-hydrogen) atoms. The number of benzene rings is 1. The molecule has 1 aromatic carbocycles. The Morgan fingerprint density at radius 2 is 1.81 bits per heavy atom. The molecule has 0 atom stereocenters. The second-order valence-corrected chi connectivity index (χ2v) is 4.13. The van der Waals surface area contributed by atoms with Crippen molar-refractivity contribution in [3.63, 3.8) is 0 Å². The lowest BCUT2D eigenvalue weighted by Gasteiger charge is -2.10. The molecule has 0 heterocycles. The lowest BCUT2D eigenvalue weighted by atomic mass is 10.0. The summed E-state index contributed by atoms with van der Waals surface area (Å²) in [6, 6.07) is 8.16. The minimum Gasteiger partial charge on any atom is -0.349 e. The molecule has 2 heteroatoms. The maximum Gasteiger partial charge on any atom is 0.226 e. The first-order chi connectivity index (χ1) is 7.54. The van der Waals surface area contributed by atoms with Gasteiger partial charge in [-0.3, -0.25) is 4.79 Å². The predicted molar refractivity (Wildman–Crippen MR) is 68.2 cm³/mol. The molecule has 0 N–H and O–H groups in total. The SMILES string of the molecule is C/C=C(/C)c1ccc(CC(=O)N(C)C)cc1. The summed E-state index contributed by atoms with van der Waals surface area (Å²) in [6.45, 7) is 4.11.